The first kappa shape index (κ1) is 23.9. The van der Waals surface area contributed by atoms with E-state index in [0.29, 0.717) is 47.4 Å². The minimum absolute atomic E-state index is 0.173. The molecule has 36 heavy (non-hydrogen) atoms. The Hall–Kier alpha value is -3.85. The lowest BCUT2D eigenvalue weighted by molar-refractivity contribution is -0.137. The molecule has 0 aliphatic carbocycles. The number of rotatable bonds is 6. The summed E-state index contributed by atoms with van der Waals surface area (Å²) < 4.78 is 49.7. The molecule has 6 nitrogen and oxygen atoms in total. The van der Waals surface area contributed by atoms with Crippen LogP contribution < -0.4 is 0 Å². The number of ether oxygens (including phenoxy) is 1. The van der Waals surface area contributed by atoms with E-state index in [1.807, 2.05) is 34.3 Å². The van der Waals surface area contributed by atoms with Crippen LogP contribution in [0.15, 0.2) is 48.5 Å². The maximum Gasteiger partial charge on any atom is 0.416 e. The first-order valence-electron chi connectivity index (χ1n) is 11.5. The number of hydrogen-bond acceptors (Lipinski definition) is 3. The van der Waals surface area contributed by atoms with E-state index in [2.05, 4.69) is 0 Å². The van der Waals surface area contributed by atoms with Crippen LogP contribution in [0.5, 0.6) is 0 Å². The third-order valence-electron chi connectivity index (χ3n) is 6.69. The SMILES string of the molecule is CCn1c2ccc(-c3nc4c(C)c(C(=O)O)ccc4n3CCOC)cc2c2cc(C(F)(F)F)ccc21. The molecular weight excluding hydrogens is 471 g/mol. The third-order valence-corrected chi connectivity index (χ3v) is 6.69. The molecule has 0 atom stereocenters. The summed E-state index contributed by atoms with van der Waals surface area (Å²) >= 11 is 0. The van der Waals surface area contributed by atoms with Crippen LogP contribution in [0.2, 0.25) is 0 Å². The maximum atomic E-state index is 13.5. The Morgan fingerprint density at radius 3 is 2.31 bits per heavy atom. The number of aryl methyl sites for hydroxylation is 2. The summed E-state index contributed by atoms with van der Waals surface area (Å²) in [4.78, 5) is 16.5. The van der Waals surface area contributed by atoms with E-state index in [-0.39, 0.29) is 5.56 Å². The lowest BCUT2D eigenvalue weighted by Gasteiger charge is -2.10. The van der Waals surface area contributed by atoms with Crippen LogP contribution in [0.4, 0.5) is 13.2 Å². The van der Waals surface area contributed by atoms with Crippen molar-refractivity contribution in [2.75, 3.05) is 13.7 Å². The minimum Gasteiger partial charge on any atom is -0.478 e. The number of carboxylic acids is 1. The highest BCUT2D eigenvalue weighted by Gasteiger charge is 2.31. The Morgan fingerprint density at radius 2 is 1.67 bits per heavy atom. The standard InChI is InChI=1S/C27H24F3N3O3/c1-4-32-21-8-5-16(13-19(21)20-14-17(27(28,29)30)6-9-22(20)32)25-31-24-15(2)18(26(34)35)7-10-23(24)33(25)11-12-36-3/h5-10,13-14H,4,11-12H2,1-3H3,(H,34,35). The van der Waals surface area contributed by atoms with Crippen LogP contribution in [0, 0.1) is 6.92 Å². The van der Waals surface area contributed by atoms with Gasteiger partial charge in [0.1, 0.15) is 5.82 Å². The number of benzene rings is 3. The highest BCUT2D eigenvalue weighted by molar-refractivity contribution is 6.09. The molecule has 3 aromatic carbocycles. The second-order valence-electron chi connectivity index (χ2n) is 8.70. The van der Waals surface area contributed by atoms with E-state index < -0.39 is 17.7 Å². The Kier molecular flexibility index (Phi) is 5.75. The van der Waals surface area contributed by atoms with Crippen molar-refractivity contribution in [3.05, 3.63) is 65.2 Å². The van der Waals surface area contributed by atoms with Gasteiger partial charge >= 0.3 is 12.1 Å². The second kappa shape index (κ2) is 8.67. The molecule has 1 N–H and O–H groups in total. The molecule has 0 saturated heterocycles. The van der Waals surface area contributed by atoms with Crippen LogP contribution in [0.1, 0.15) is 28.4 Å². The minimum atomic E-state index is -4.44. The first-order valence-corrected chi connectivity index (χ1v) is 11.5. The van der Waals surface area contributed by atoms with Crippen molar-refractivity contribution >= 4 is 38.8 Å². The molecule has 0 saturated carbocycles. The number of methoxy groups -OCH3 is 1. The van der Waals surface area contributed by atoms with E-state index in [4.69, 9.17) is 9.72 Å². The summed E-state index contributed by atoms with van der Waals surface area (Å²) in [6.45, 7) is 5.16. The zero-order valence-electron chi connectivity index (χ0n) is 20.0. The summed E-state index contributed by atoms with van der Waals surface area (Å²) in [6, 6.07) is 12.8. The van der Waals surface area contributed by atoms with Gasteiger partial charge in [0.25, 0.3) is 0 Å². The molecule has 2 heterocycles. The number of halogens is 3. The number of nitrogens with zero attached hydrogens (tertiary/aromatic N) is 3. The fraction of sp³-hybridized carbons (Fsp3) is 0.259. The monoisotopic (exact) mass is 495 g/mol. The molecule has 0 spiro atoms. The van der Waals surface area contributed by atoms with Gasteiger partial charge in [-0.3, -0.25) is 0 Å². The van der Waals surface area contributed by atoms with Gasteiger partial charge in [0.2, 0.25) is 0 Å². The van der Waals surface area contributed by atoms with Gasteiger partial charge < -0.3 is 19.0 Å². The number of hydrogen-bond donors (Lipinski definition) is 1. The number of fused-ring (bicyclic) bond motifs is 4. The Labute approximate surface area is 204 Å². The summed E-state index contributed by atoms with van der Waals surface area (Å²) in [7, 11) is 1.59. The third kappa shape index (κ3) is 3.71. The molecule has 0 fully saturated rings. The molecule has 0 radical (unpaired) electrons. The topological polar surface area (TPSA) is 69.3 Å². The quantitative estimate of drug-likeness (QED) is 0.292. The van der Waals surface area contributed by atoms with Gasteiger partial charge in [0.15, 0.2) is 0 Å². The Bertz CT molecular complexity index is 1650. The zero-order valence-corrected chi connectivity index (χ0v) is 20.0. The number of aromatic nitrogens is 3. The Balaban J connectivity index is 1.79. The Morgan fingerprint density at radius 1 is 1.00 bits per heavy atom. The summed E-state index contributed by atoms with van der Waals surface area (Å²) in [5, 5.41) is 10.8. The average molecular weight is 496 g/mol. The summed E-state index contributed by atoms with van der Waals surface area (Å²) in [5.74, 6) is -0.435. The van der Waals surface area contributed by atoms with Crippen LogP contribution in [0.3, 0.4) is 0 Å². The number of carboxylic acid groups (broad SMARTS) is 1. The molecule has 9 heteroatoms. The normalized spacial score (nSPS) is 12.3. The second-order valence-corrected chi connectivity index (χ2v) is 8.70. The fourth-order valence-electron chi connectivity index (χ4n) is 4.95. The maximum absolute atomic E-state index is 13.5. The van der Waals surface area contributed by atoms with Crippen molar-refractivity contribution in [2.24, 2.45) is 0 Å². The van der Waals surface area contributed by atoms with Crippen molar-refractivity contribution in [1.82, 2.24) is 14.1 Å². The van der Waals surface area contributed by atoms with Crippen molar-refractivity contribution in [2.45, 2.75) is 33.1 Å². The van der Waals surface area contributed by atoms with Gasteiger partial charge in [-0.2, -0.15) is 13.2 Å². The predicted octanol–water partition coefficient (Wildman–Crippen LogP) is 6.50. The van der Waals surface area contributed by atoms with Gasteiger partial charge in [-0.15, -0.1) is 0 Å². The molecule has 5 rings (SSSR count). The number of imidazole rings is 1. The highest BCUT2D eigenvalue weighted by Crippen LogP contribution is 2.38. The molecule has 0 aliphatic heterocycles. The highest BCUT2D eigenvalue weighted by atomic mass is 19.4. The molecule has 0 amide bonds. The van der Waals surface area contributed by atoms with Crippen molar-refractivity contribution in [3.63, 3.8) is 0 Å². The van der Waals surface area contributed by atoms with E-state index >= 15 is 0 Å². The van der Waals surface area contributed by atoms with E-state index in [1.54, 1.807) is 26.2 Å². The molecule has 186 valence electrons. The molecule has 0 unspecified atom stereocenters. The number of carbonyl (C=O) groups is 1. The van der Waals surface area contributed by atoms with Gasteiger partial charge in [0, 0.05) is 47.6 Å². The van der Waals surface area contributed by atoms with Crippen molar-refractivity contribution in [3.8, 4) is 11.4 Å². The smallest absolute Gasteiger partial charge is 0.416 e. The van der Waals surface area contributed by atoms with Crippen LogP contribution in [-0.4, -0.2) is 38.9 Å². The molecule has 5 aromatic rings. The predicted molar refractivity (Wildman–Crippen MR) is 132 cm³/mol. The van der Waals surface area contributed by atoms with Gasteiger partial charge in [-0.25, -0.2) is 9.78 Å². The van der Waals surface area contributed by atoms with Gasteiger partial charge in [-0.05, 0) is 67.9 Å². The van der Waals surface area contributed by atoms with E-state index in [1.165, 1.54) is 12.1 Å². The van der Waals surface area contributed by atoms with Crippen molar-refractivity contribution < 1.29 is 27.8 Å². The lowest BCUT2D eigenvalue weighted by atomic mass is 10.1. The van der Waals surface area contributed by atoms with E-state index in [0.717, 1.165) is 28.2 Å². The van der Waals surface area contributed by atoms with Crippen LogP contribution >= 0.6 is 0 Å². The van der Waals surface area contributed by atoms with Crippen LogP contribution in [-0.2, 0) is 24.0 Å². The van der Waals surface area contributed by atoms with Crippen LogP contribution in [0.25, 0.3) is 44.2 Å². The molecule has 0 aliphatic rings. The zero-order chi connectivity index (χ0) is 25.8. The molecule has 2 aromatic heterocycles. The molecule has 0 bridgehead atoms. The lowest BCUT2D eigenvalue weighted by Crippen LogP contribution is -2.06. The average Bonchev–Trinajstić information content (AvgIpc) is 3.37. The molecular formula is C27H24F3N3O3. The largest absolute Gasteiger partial charge is 0.478 e. The van der Waals surface area contributed by atoms with Gasteiger partial charge in [-0.1, -0.05) is 0 Å². The number of alkyl halides is 3. The summed E-state index contributed by atoms with van der Waals surface area (Å²) in [6.07, 6.45) is -4.44. The fourth-order valence-corrected chi connectivity index (χ4v) is 4.95. The first-order chi connectivity index (χ1) is 17.2. The van der Waals surface area contributed by atoms with Gasteiger partial charge in [0.05, 0.1) is 28.8 Å². The van der Waals surface area contributed by atoms with E-state index in [9.17, 15) is 23.1 Å². The van der Waals surface area contributed by atoms with Crippen molar-refractivity contribution in [1.29, 1.82) is 0 Å². The number of aromatic carboxylic acids is 1. The summed E-state index contributed by atoms with van der Waals surface area (Å²) in [5.41, 5.74) is 3.64.